The fourth-order valence-electron chi connectivity index (χ4n) is 4.84. The Morgan fingerprint density at radius 3 is 2.28 bits per heavy atom. The van der Waals surface area contributed by atoms with Gasteiger partial charge in [-0.2, -0.15) is 0 Å². The Balaban J connectivity index is 1.51. The molecule has 0 aromatic heterocycles. The maximum atomic E-state index is 14.1. The summed E-state index contributed by atoms with van der Waals surface area (Å²) in [6.45, 7) is 7.32. The van der Waals surface area contributed by atoms with E-state index in [-0.39, 0.29) is 29.6 Å². The summed E-state index contributed by atoms with van der Waals surface area (Å²) in [5, 5.41) is 3.11. The third-order valence-corrected chi connectivity index (χ3v) is 7.04. The second-order valence-electron chi connectivity index (χ2n) is 9.91. The number of hydrogen-bond acceptors (Lipinski definition) is 2. The third-order valence-electron chi connectivity index (χ3n) is 7.04. The number of piperidine rings is 1. The maximum absolute atomic E-state index is 14.1. The van der Waals surface area contributed by atoms with Gasteiger partial charge in [-0.3, -0.25) is 9.59 Å². The van der Waals surface area contributed by atoms with Gasteiger partial charge in [0.05, 0.1) is 5.41 Å². The lowest BCUT2D eigenvalue weighted by Gasteiger charge is -2.41. The van der Waals surface area contributed by atoms with Crippen LogP contribution in [0.4, 0.5) is 4.39 Å². The first-order chi connectivity index (χ1) is 15.3. The van der Waals surface area contributed by atoms with E-state index in [1.807, 2.05) is 49.1 Å². The molecule has 0 bridgehead atoms. The maximum Gasteiger partial charge on any atom is 0.226 e. The van der Waals surface area contributed by atoms with Crippen LogP contribution in [0.2, 0.25) is 0 Å². The minimum atomic E-state index is -0.532. The summed E-state index contributed by atoms with van der Waals surface area (Å²) in [4.78, 5) is 27.9. The van der Waals surface area contributed by atoms with E-state index in [0.717, 1.165) is 17.5 Å². The van der Waals surface area contributed by atoms with Crippen molar-refractivity contribution in [3.05, 3.63) is 59.9 Å². The first kappa shape index (κ1) is 22.5. The molecule has 0 spiro atoms. The highest BCUT2D eigenvalue weighted by Gasteiger charge is 2.46. The normalized spacial score (nSPS) is 22.0. The van der Waals surface area contributed by atoms with Crippen LogP contribution in [0, 0.1) is 23.1 Å². The van der Waals surface area contributed by atoms with Gasteiger partial charge in [0.15, 0.2) is 0 Å². The van der Waals surface area contributed by atoms with E-state index in [1.165, 1.54) is 6.07 Å². The average Bonchev–Trinajstić information content (AvgIpc) is 3.51. The Hall–Kier alpha value is -2.69. The molecule has 2 aromatic carbocycles. The van der Waals surface area contributed by atoms with E-state index < -0.39 is 5.41 Å². The van der Waals surface area contributed by atoms with Gasteiger partial charge in [-0.1, -0.05) is 49.4 Å². The first-order valence-electron chi connectivity index (χ1n) is 11.7. The van der Waals surface area contributed by atoms with Crippen molar-refractivity contribution in [1.82, 2.24) is 10.2 Å². The van der Waals surface area contributed by atoms with Gasteiger partial charge in [0, 0.05) is 30.6 Å². The summed E-state index contributed by atoms with van der Waals surface area (Å²) < 4.78 is 14.1. The Bertz CT molecular complexity index is 977. The predicted octanol–water partition coefficient (Wildman–Crippen LogP) is 4.82. The monoisotopic (exact) mass is 436 g/mol. The molecule has 0 radical (unpaired) electrons. The van der Waals surface area contributed by atoms with E-state index in [9.17, 15) is 14.0 Å². The molecule has 4 rings (SSSR count). The highest BCUT2D eigenvalue weighted by atomic mass is 19.1. The molecule has 2 fully saturated rings. The summed E-state index contributed by atoms with van der Waals surface area (Å²) in [5.74, 6) is 0.751. The third kappa shape index (κ3) is 4.72. The molecule has 5 heteroatoms. The molecule has 32 heavy (non-hydrogen) atoms. The molecule has 1 saturated heterocycles. The Morgan fingerprint density at radius 1 is 1.09 bits per heavy atom. The van der Waals surface area contributed by atoms with Crippen molar-refractivity contribution >= 4 is 11.8 Å². The second kappa shape index (κ2) is 9.05. The van der Waals surface area contributed by atoms with Gasteiger partial charge < -0.3 is 10.2 Å². The van der Waals surface area contributed by atoms with Crippen molar-refractivity contribution in [2.24, 2.45) is 17.3 Å². The number of likely N-dealkylation sites (tertiary alicyclic amines) is 1. The molecule has 2 amide bonds. The molecule has 1 saturated carbocycles. The molecule has 1 aliphatic heterocycles. The van der Waals surface area contributed by atoms with Crippen molar-refractivity contribution in [3.63, 3.8) is 0 Å². The molecule has 1 N–H and O–H groups in total. The largest absolute Gasteiger partial charge is 0.353 e. The van der Waals surface area contributed by atoms with Gasteiger partial charge in [0.2, 0.25) is 11.8 Å². The van der Waals surface area contributed by atoms with Crippen molar-refractivity contribution in [2.75, 3.05) is 13.1 Å². The Morgan fingerprint density at radius 2 is 1.72 bits per heavy atom. The Labute approximate surface area is 190 Å². The smallest absolute Gasteiger partial charge is 0.226 e. The molecule has 2 atom stereocenters. The molecular formula is C27H33FN2O2. The topological polar surface area (TPSA) is 49.4 Å². The van der Waals surface area contributed by atoms with Crippen LogP contribution < -0.4 is 5.32 Å². The van der Waals surface area contributed by atoms with E-state index in [1.54, 1.807) is 12.1 Å². The van der Waals surface area contributed by atoms with Gasteiger partial charge in [0.1, 0.15) is 5.82 Å². The van der Waals surface area contributed by atoms with Crippen LogP contribution in [0.15, 0.2) is 48.5 Å². The standard InChI is InChI=1S/C27H33FN2O2/c1-18(2)29-26(32)27(12-14-30(15-13-27)25(31)23-16-19(23)3)17-20-8-10-21(11-9-20)22-6-4-5-7-24(22)28/h4-11,18-19,23H,12-17H2,1-3H3,(H,29,32)/t19-,23-/m1/s1. The lowest BCUT2D eigenvalue weighted by atomic mass is 9.72. The number of hydrogen-bond donors (Lipinski definition) is 1. The number of rotatable bonds is 6. The summed E-state index contributed by atoms with van der Waals surface area (Å²) in [5.41, 5.74) is 1.92. The van der Waals surface area contributed by atoms with Crippen LogP contribution in [-0.4, -0.2) is 35.8 Å². The van der Waals surface area contributed by atoms with Gasteiger partial charge >= 0.3 is 0 Å². The number of halogens is 1. The molecule has 4 nitrogen and oxygen atoms in total. The fraction of sp³-hybridized carbons (Fsp3) is 0.481. The molecule has 0 unspecified atom stereocenters. The van der Waals surface area contributed by atoms with Crippen molar-refractivity contribution in [2.45, 2.75) is 52.5 Å². The summed E-state index contributed by atoms with van der Waals surface area (Å²) >= 11 is 0. The molecule has 2 aliphatic rings. The van der Waals surface area contributed by atoms with E-state index >= 15 is 0 Å². The molecule has 2 aromatic rings. The number of nitrogens with zero attached hydrogens (tertiary/aromatic N) is 1. The first-order valence-corrected chi connectivity index (χ1v) is 11.7. The van der Waals surface area contributed by atoms with Gasteiger partial charge in [-0.05, 0) is 62.6 Å². The van der Waals surface area contributed by atoms with E-state index in [0.29, 0.717) is 43.8 Å². The van der Waals surface area contributed by atoms with Crippen LogP contribution in [0.1, 0.15) is 45.6 Å². The second-order valence-corrected chi connectivity index (χ2v) is 9.91. The van der Waals surface area contributed by atoms with Crippen LogP contribution >= 0.6 is 0 Å². The highest BCUT2D eigenvalue weighted by Crippen LogP contribution is 2.42. The fourth-order valence-corrected chi connectivity index (χ4v) is 4.84. The van der Waals surface area contributed by atoms with Crippen molar-refractivity contribution < 1.29 is 14.0 Å². The highest BCUT2D eigenvalue weighted by molar-refractivity contribution is 5.85. The molecule has 1 aliphatic carbocycles. The number of carbonyl (C=O) groups is 2. The predicted molar refractivity (Wildman–Crippen MR) is 124 cm³/mol. The number of amides is 2. The number of benzene rings is 2. The Kier molecular flexibility index (Phi) is 6.36. The van der Waals surface area contributed by atoms with Crippen molar-refractivity contribution in [3.8, 4) is 11.1 Å². The summed E-state index contributed by atoms with van der Waals surface area (Å²) in [6, 6.07) is 14.7. The molecule has 170 valence electrons. The number of nitrogens with one attached hydrogen (secondary N) is 1. The zero-order valence-corrected chi connectivity index (χ0v) is 19.2. The lowest BCUT2D eigenvalue weighted by molar-refractivity contribution is -0.141. The summed E-state index contributed by atoms with van der Waals surface area (Å²) in [6.07, 6.45) is 2.93. The lowest BCUT2D eigenvalue weighted by Crippen LogP contribution is -2.52. The minimum Gasteiger partial charge on any atom is -0.353 e. The minimum absolute atomic E-state index is 0.0646. The van der Waals surface area contributed by atoms with Crippen molar-refractivity contribution in [1.29, 1.82) is 0 Å². The average molecular weight is 437 g/mol. The summed E-state index contributed by atoms with van der Waals surface area (Å²) in [7, 11) is 0. The van der Waals surface area contributed by atoms with Gasteiger partial charge in [0.25, 0.3) is 0 Å². The van der Waals surface area contributed by atoms with E-state index in [4.69, 9.17) is 0 Å². The quantitative estimate of drug-likeness (QED) is 0.706. The zero-order chi connectivity index (χ0) is 22.9. The number of carbonyl (C=O) groups excluding carboxylic acids is 2. The van der Waals surface area contributed by atoms with Crippen LogP contribution in [0.3, 0.4) is 0 Å². The van der Waals surface area contributed by atoms with Gasteiger partial charge in [-0.25, -0.2) is 4.39 Å². The van der Waals surface area contributed by atoms with Crippen LogP contribution in [0.25, 0.3) is 11.1 Å². The van der Waals surface area contributed by atoms with Crippen LogP contribution in [0.5, 0.6) is 0 Å². The molecular weight excluding hydrogens is 403 g/mol. The zero-order valence-electron chi connectivity index (χ0n) is 19.2. The van der Waals surface area contributed by atoms with E-state index in [2.05, 4.69) is 12.2 Å². The SMILES string of the molecule is CC(C)NC(=O)C1(Cc2ccc(-c3ccccc3F)cc2)CCN(C(=O)[C@@H]2C[C@H]2C)CC1. The molecule has 1 heterocycles. The van der Waals surface area contributed by atoms with Crippen LogP contribution in [-0.2, 0) is 16.0 Å². The van der Waals surface area contributed by atoms with Gasteiger partial charge in [-0.15, -0.1) is 0 Å².